The highest BCUT2D eigenvalue weighted by molar-refractivity contribution is 7.92. The Hall–Kier alpha value is -4.34. The van der Waals surface area contributed by atoms with E-state index < -0.39 is 15.9 Å². The Kier molecular flexibility index (Phi) is 8.62. The van der Waals surface area contributed by atoms with Gasteiger partial charge in [0.15, 0.2) is 11.5 Å². The predicted molar refractivity (Wildman–Crippen MR) is 148 cm³/mol. The summed E-state index contributed by atoms with van der Waals surface area (Å²) >= 11 is 5.85. The molecule has 0 bridgehead atoms. The third-order valence-corrected chi connectivity index (χ3v) is 6.98. The standard InChI is InChI=1S/C28H24ClN3O5S/c1-36-27-17-21(11-16-26(27)37-19-20-7-3-2-4-8-20)18-30-31-28(33)24-9-5-6-10-25(24)32-38(34,35)23-14-12-22(29)13-15-23/h2-18,32H,19H2,1H3,(H,31,33)/b30-18+. The van der Waals surface area contributed by atoms with E-state index in [0.29, 0.717) is 28.7 Å². The molecule has 0 atom stereocenters. The average molecular weight is 550 g/mol. The van der Waals surface area contributed by atoms with Crippen LogP contribution in [-0.4, -0.2) is 27.6 Å². The monoisotopic (exact) mass is 549 g/mol. The van der Waals surface area contributed by atoms with E-state index in [9.17, 15) is 13.2 Å². The molecule has 194 valence electrons. The van der Waals surface area contributed by atoms with Gasteiger partial charge in [-0.3, -0.25) is 9.52 Å². The summed E-state index contributed by atoms with van der Waals surface area (Å²) in [5.41, 5.74) is 4.32. The number of nitrogens with zero attached hydrogens (tertiary/aromatic N) is 1. The van der Waals surface area contributed by atoms with Gasteiger partial charge in [0.25, 0.3) is 15.9 Å². The van der Waals surface area contributed by atoms with Crippen LogP contribution in [0.1, 0.15) is 21.5 Å². The van der Waals surface area contributed by atoms with Crippen LogP contribution < -0.4 is 19.6 Å². The molecular formula is C28H24ClN3O5S. The van der Waals surface area contributed by atoms with Crippen LogP contribution in [0.15, 0.2) is 107 Å². The average Bonchev–Trinajstić information content (AvgIpc) is 2.93. The van der Waals surface area contributed by atoms with Gasteiger partial charge in [0.1, 0.15) is 6.61 Å². The van der Waals surface area contributed by atoms with E-state index in [4.69, 9.17) is 21.1 Å². The number of rotatable bonds is 10. The van der Waals surface area contributed by atoms with Crippen molar-refractivity contribution in [2.24, 2.45) is 5.10 Å². The number of para-hydroxylation sites is 1. The first-order valence-corrected chi connectivity index (χ1v) is 13.3. The van der Waals surface area contributed by atoms with Gasteiger partial charge in [0.05, 0.1) is 29.5 Å². The zero-order valence-electron chi connectivity index (χ0n) is 20.3. The molecule has 10 heteroatoms. The minimum absolute atomic E-state index is 0.0141. The predicted octanol–water partition coefficient (Wildman–Crippen LogP) is 5.49. The summed E-state index contributed by atoms with van der Waals surface area (Å²) in [6.07, 6.45) is 1.45. The van der Waals surface area contributed by atoms with E-state index in [0.717, 1.165) is 5.56 Å². The van der Waals surface area contributed by atoms with E-state index in [1.807, 2.05) is 30.3 Å². The lowest BCUT2D eigenvalue weighted by Crippen LogP contribution is -2.21. The number of sulfonamides is 1. The van der Waals surface area contributed by atoms with Gasteiger partial charge in [-0.2, -0.15) is 5.10 Å². The largest absolute Gasteiger partial charge is 0.493 e. The maximum Gasteiger partial charge on any atom is 0.273 e. The van der Waals surface area contributed by atoms with Gasteiger partial charge in [-0.1, -0.05) is 54.1 Å². The van der Waals surface area contributed by atoms with Crippen molar-refractivity contribution in [1.29, 1.82) is 0 Å². The Balaban J connectivity index is 1.42. The molecule has 4 rings (SSSR count). The molecule has 0 saturated carbocycles. The van der Waals surface area contributed by atoms with Gasteiger partial charge < -0.3 is 9.47 Å². The minimum Gasteiger partial charge on any atom is -0.493 e. The second-order valence-electron chi connectivity index (χ2n) is 7.99. The number of methoxy groups -OCH3 is 1. The molecule has 0 aliphatic heterocycles. The first-order chi connectivity index (χ1) is 18.4. The molecule has 4 aromatic rings. The molecule has 0 saturated heterocycles. The zero-order chi connectivity index (χ0) is 27.0. The van der Waals surface area contributed by atoms with E-state index in [-0.39, 0.29) is 16.1 Å². The molecular weight excluding hydrogens is 526 g/mol. The van der Waals surface area contributed by atoms with E-state index in [1.54, 1.807) is 30.3 Å². The Morgan fingerprint density at radius 3 is 2.37 bits per heavy atom. The Morgan fingerprint density at radius 2 is 1.63 bits per heavy atom. The van der Waals surface area contributed by atoms with Gasteiger partial charge in [-0.15, -0.1) is 0 Å². The van der Waals surface area contributed by atoms with Gasteiger partial charge in [0.2, 0.25) is 0 Å². The summed E-state index contributed by atoms with van der Waals surface area (Å²) in [4.78, 5) is 12.8. The van der Waals surface area contributed by atoms with Crippen molar-refractivity contribution in [2.45, 2.75) is 11.5 Å². The number of carbonyl (C=O) groups excluding carboxylic acids is 1. The molecule has 0 aliphatic carbocycles. The number of hydrogen-bond donors (Lipinski definition) is 2. The number of hydrogen-bond acceptors (Lipinski definition) is 6. The van der Waals surface area contributed by atoms with Crippen LogP contribution in [0.25, 0.3) is 0 Å². The summed E-state index contributed by atoms with van der Waals surface area (Å²) in [5, 5.41) is 4.42. The summed E-state index contributed by atoms with van der Waals surface area (Å²) in [7, 11) is -2.40. The van der Waals surface area contributed by atoms with Crippen LogP contribution in [0.4, 0.5) is 5.69 Å². The third kappa shape index (κ3) is 6.90. The molecule has 0 spiro atoms. The number of hydrazone groups is 1. The highest BCUT2D eigenvalue weighted by Crippen LogP contribution is 2.28. The van der Waals surface area contributed by atoms with Crippen molar-refractivity contribution in [1.82, 2.24) is 5.43 Å². The number of amides is 1. The fourth-order valence-electron chi connectivity index (χ4n) is 3.43. The molecule has 2 N–H and O–H groups in total. The van der Waals surface area contributed by atoms with Crippen LogP contribution in [0, 0.1) is 0 Å². The van der Waals surface area contributed by atoms with Crippen LogP contribution in [0.3, 0.4) is 0 Å². The van der Waals surface area contributed by atoms with Gasteiger partial charge in [0, 0.05) is 5.02 Å². The van der Waals surface area contributed by atoms with Crippen molar-refractivity contribution < 1.29 is 22.7 Å². The lowest BCUT2D eigenvalue weighted by molar-refractivity contribution is 0.0956. The van der Waals surface area contributed by atoms with Crippen LogP contribution in [-0.2, 0) is 16.6 Å². The second kappa shape index (κ2) is 12.3. The van der Waals surface area contributed by atoms with Gasteiger partial charge >= 0.3 is 0 Å². The number of halogens is 1. The van der Waals surface area contributed by atoms with Crippen molar-refractivity contribution in [3.05, 3.63) is 119 Å². The molecule has 0 radical (unpaired) electrons. The summed E-state index contributed by atoms with van der Waals surface area (Å²) < 4.78 is 39.3. The van der Waals surface area contributed by atoms with E-state index in [2.05, 4.69) is 15.2 Å². The number of nitrogens with one attached hydrogen (secondary N) is 2. The molecule has 0 aromatic heterocycles. The Morgan fingerprint density at radius 1 is 0.921 bits per heavy atom. The fourth-order valence-corrected chi connectivity index (χ4v) is 4.64. The number of ether oxygens (including phenoxy) is 2. The molecule has 0 fully saturated rings. The summed E-state index contributed by atoms with van der Waals surface area (Å²) in [5.74, 6) is 0.489. The van der Waals surface area contributed by atoms with Crippen molar-refractivity contribution in [3.8, 4) is 11.5 Å². The fraction of sp³-hybridized carbons (Fsp3) is 0.0714. The van der Waals surface area contributed by atoms with Crippen molar-refractivity contribution in [3.63, 3.8) is 0 Å². The number of benzene rings is 4. The van der Waals surface area contributed by atoms with Crippen LogP contribution >= 0.6 is 11.6 Å². The molecule has 8 nitrogen and oxygen atoms in total. The first kappa shape index (κ1) is 26.7. The maximum atomic E-state index is 12.8. The van der Waals surface area contributed by atoms with E-state index in [1.165, 1.54) is 49.7 Å². The molecule has 38 heavy (non-hydrogen) atoms. The van der Waals surface area contributed by atoms with Crippen LogP contribution in [0.2, 0.25) is 5.02 Å². The number of anilines is 1. The number of carbonyl (C=O) groups is 1. The second-order valence-corrected chi connectivity index (χ2v) is 10.1. The Bertz CT molecular complexity index is 1540. The highest BCUT2D eigenvalue weighted by Gasteiger charge is 2.18. The normalized spacial score (nSPS) is 11.2. The molecule has 0 aliphatic rings. The van der Waals surface area contributed by atoms with Gasteiger partial charge in [-0.05, 0) is 65.7 Å². The van der Waals surface area contributed by atoms with Gasteiger partial charge in [-0.25, -0.2) is 13.8 Å². The smallest absolute Gasteiger partial charge is 0.273 e. The molecule has 0 unspecified atom stereocenters. The highest BCUT2D eigenvalue weighted by atomic mass is 35.5. The quantitative estimate of drug-likeness (QED) is 0.201. The third-order valence-electron chi connectivity index (χ3n) is 5.34. The van der Waals surface area contributed by atoms with E-state index >= 15 is 0 Å². The topological polar surface area (TPSA) is 106 Å². The summed E-state index contributed by atoms with van der Waals surface area (Å²) in [6, 6.07) is 26.9. The van der Waals surface area contributed by atoms with Crippen molar-refractivity contribution >= 4 is 39.4 Å². The summed E-state index contributed by atoms with van der Waals surface area (Å²) in [6.45, 7) is 0.391. The molecule has 4 aromatic carbocycles. The Labute approximate surface area is 225 Å². The van der Waals surface area contributed by atoms with Crippen LogP contribution in [0.5, 0.6) is 11.5 Å². The molecule has 0 heterocycles. The SMILES string of the molecule is COc1cc(/C=N/NC(=O)c2ccccc2NS(=O)(=O)c2ccc(Cl)cc2)ccc1OCc1ccccc1. The minimum atomic E-state index is -3.94. The lowest BCUT2D eigenvalue weighted by atomic mass is 10.2. The van der Waals surface area contributed by atoms with Crippen molar-refractivity contribution in [2.75, 3.05) is 11.8 Å². The molecule has 1 amide bonds. The zero-order valence-corrected chi connectivity index (χ0v) is 21.9. The maximum absolute atomic E-state index is 12.8. The first-order valence-electron chi connectivity index (χ1n) is 11.4. The lowest BCUT2D eigenvalue weighted by Gasteiger charge is -2.12.